The molecule has 1 aliphatic rings. The fourth-order valence-corrected chi connectivity index (χ4v) is 6.02. The van der Waals surface area contributed by atoms with Crippen LogP contribution in [0.4, 0.5) is 11.4 Å². The Hall–Kier alpha value is -3.45. The molecule has 0 atom stereocenters. The third-order valence-corrected chi connectivity index (χ3v) is 7.95. The molecular formula is C33H39N5S. The van der Waals surface area contributed by atoms with Gasteiger partial charge in [-0.1, -0.05) is 48.5 Å². The van der Waals surface area contributed by atoms with E-state index >= 15 is 0 Å². The molecule has 0 fully saturated rings. The van der Waals surface area contributed by atoms with Crippen molar-refractivity contribution >= 4 is 44.6 Å². The predicted octanol–water partition coefficient (Wildman–Crippen LogP) is 7.04. The second-order valence-corrected chi connectivity index (χ2v) is 11.7. The first kappa shape index (κ1) is 27.1. The lowest BCUT2D eigenvalue weighted by Crippen LogP contribution is -2.38. The van der Waals surface area contributed by atoms with Crippen molar-refractivity contribution in [1.82, 2.24) is 19.7 Å². The first-order valence-electron chi connectivity index (χ1n) is 13.8. The van der Waals surface area contributed by atoms with Gasteiger partial charge in [0, 0.05) is 24.3 Å². The molecule has 0 bridgehead atoms. The number of hydrogen-bond donors (Lipinski definition) is 0. The van der Waals surface area contributed by atoms with Crippen molar-refractivity contribution in [3.8, 4) is 0 Å². The second kappa shape index (κ2) is 12.6. The summed E-state index contributed by atoms with van der Waals surface area (Å²) in [5.41, 5.74) is 5.88. The van der Waals surface area contributed by atoms with Crippen LogP contribution >= 0.6 is 11.3 Å². The number of thiazole rings is 1. The summed E-state index contributed by atoms with van der Waals surface area (Å²) in [4.78, 5) is 14.5. The molecule has 0 amide bonds. The summed E-state index contributed by atoms with van der Waals surface area (Å²) in [6.45, 7) is 4.12. The number of hydrogen-bond acceptors (Lipinski definition) is 6. The van der Waals surface area contributed by atoms with Gasteiger partial charge in [0.05, 0.1) is 15.9 Å². The van der Waals surface area contributed by atoms with E-state index in [0.29, 0.717) is 0 Å². The third kappa shape index (κ3) is 6.59. The lowest BCUT2D eigenvalue weighted by Gasteiger charge is -2.40. The fraction of sp³-hybridized carbons (Fsp3) is 0.303. The van der Waals surface area contributed by atoms with Crippen LogP contribution in [0.3, 0.4) is 0 Å². The highest BCUT2D eigenvalue weighted by atomic mass is 32.1. The van der Waals surface area contributed by atoms with Crippen LogP contribution in [0.1, 0.15) is 23.4 Å². The van der Waals surface area contributed by atoms with Crippen molar-refractivity contribution < 1.29 is 0 Å². The Labute approximate surface area is 237 Å². The standard InChI is InChI=1S/C33H39N5S/c1-35(2)20-12-22-37(23-13-21-36(3)4)33-25-26(24-32-34-29-17-9-11-19-31(29)39-32)28-16-8-10-18-30(28)38(33)27-14-6-5-7-15-27/h5-11,14-19,24-25H,12-13,20-23H2,1-4H3/b26-24+. The molecule has 3 aromatic carbocycles. The molecule has 0 unspecified atom stereocenters. The van der Waals surface area contributed by atoms with Gasteiger partial charge in [-0.15, -0.1) is 11.3 Å². The Kier molecular flexibility index (Phi) is 8.77. The topological polar surface area (TPSA) is 25.9 Å². The summed E-state index contributed by atoms with van der Waals surface area (Å²) < 4.78 is 1.22. The monoisotopic (exact) mass is 537 g/mol. The van der Waals surface area contributed by atoms with Gasteiger partial charge in [-0.3, -0.25) is 4.90 Å². The van der Waals surface area contributed by atoms with Crippen molar-refractivity contribution in [2.45, 2.75) is 12.8 Å². The Morgan fingerprint density at radius 1 is 0.744 bits per heavy atom. The zero-order valence-corrected chi connectivity index (χ0v) is 24.4. The van der Waals surface area contributed by atoms with E-state index in [4.69, 9.17) is 4.98 Å². The van der Waals surface area contributed by atoms with Crippen molar-refractivity contribution in [2.24, 2.45) is 0 Å². The van der Waals surface area contributed by atoms with Crippen LogP contribution < -0.4 is 4.90 Å². The van der Waals surface area contributed by atoms with Gasteiger partial charge in [-0.2, -0.15) is 0 Å². The zero-order valence-electron chi connectivity index (χ0n) is 23.5. The van der Waals surface area contributed by atoms with Crippen molar-refractivity contribution in [3.05, 3.63) is 101 Å². The first-order chi connectivity index (χ1) is 19.0. The Bertz CT molecular complexity index is 1390. The van der Waals surface area contributed by atoms with Crippen LogP contribution in [0, 0.1) is 0 Å². The van der Waals surface area contributed by atoms with E-state index in [9.17, 15) is 0 Å². The van der Waals surface area contributed by atoms with Gasteiger partial charge in [0.25, 0.3) is 0 Å². The summed E-state index contributed by atoms with van der Waals surface area (Å²) in [5, 5.41) is 1.04. The van der Waals surface area contributed by atoms with Gasteiger partial charge >= 0.3 is 0 Å². The highest BCUT2D eigenvalue weighted by Crippen LogP contribution is 2.43. The van der Waals surface area contributed by atoms with Crippen molar-refractivity contribution in [1.29, 1.82) is 0 Å². The van der Waals surface area contributed by atoms with E-state index in [2.05, 4.69) is 139 Å². The van der Waals surface area contributed by atoms with Gasteiger partial charge in [0.15, 0.2) is 0 Å². The molecule has 0 saturated heterocycles. The van der Waals surface area contributed by atoms with Crippen LogP contribution in [0.2, 0.25) is 0 Å². The summed E-state index contributed by atoms with van der Waals surface area (Å²) in [6, 6.07) is 27.9. The number of rotatable bonds is 11. The number of para-hydroxylation sites is 3. The summed E-state index contributed by atoms with van der Waals surface area (Å²) >= 11 is 1.75. The second-order valence-electron chi connectivity index (χ2n) is 10.6. The minimum Gasteiger partial charge on any atom is -0.358 e. The zero-order chi connectivity index (χ0) is 27.2. The van der Waals surface area contributed by atoms with E-state index < -0.39 is 0 Å². The molecule has 6 heteroatoms. The summed E-state index contributed by atoms with van der Waals surface area (Å²) in [6.07, 6.45) is 6.86. The van der Waals surface area contributed by atoms with Crippen LogP contribution in [-0.2, 0) is 0 Å². The molecule has 0 radical (unpaired) electrons. The van der Waals surface area contributed by atoms with E-state index in [1.807, 2.05) is 0 Å². The molecule has 202 valence electrons. The van der Waals surface area contributed by atoms with Crippen molar-refractivity contribution in [3.63, 3.8) is 0 Å². The molecule has 0 spiro atoms. The maximum Gasteiger partial charge on any atom is 0.117 e. The fourth-order valence-electron chi connectivity index (χ4n) is 5.10. The van der Waals surface area contributed by atoms with Gasteiger partial charge in [0.2, 0.25) is 0 Å². The predicted molar refractivity (Wildman–Crippen MR) is 169 cm³/mol. The minimum atomic E-state index is 0.997. The molecule has 2 heterocycles. The van der Waals surface area contributed by atoms with Gasteiger partial charge in [-0.25, -0.2) is 4.98 Å². The smallest absolute Gasteiger partial charge is 0.117 e. The Morgan fingerprint density at radius 2 is 1.38 bits per heavy atom. The van der Waals surface area contributed by atoms with E-state index in [-0.39, 0.29) is 0 Å². The highest BCUT2D eigenvalue weighted by molar-refractivity contribution is 7.19. The SMILES string of the molecule is CN(C)CCCN(CCCN(C)C)C1=C/C(=C\c2nc3ccccc3s2)c2ccccc2N1c1ccccc1. The van der Waals surface area contributed by atoms with Gasteiger partial charge in [-0.05, 0) is 102 Å². The number of benzene rings is 3. The number of anilines is 2. The lowest BCUT2D eigenvalue weighted by molar-refractivity contribution is 0.284. The molecule has 0 saturated carbocycles. The van der Waals surface area contributed by atoms with E-state index in [0.717, 1.165) is 49.5 Å². The molecule has 1 aromatic heterocycles. The first-order valence-corrected chi connectivity index (χ1v) is 14.6. The average molecular weight is 538 g/mol. The third-order valence-electron chi connectivity index (χ3n) is 6.96. The minimum absolute atomic E-state index is 0.997. The van der Waals surface area contributed by atoms with Crippen LogP contribution in [0.5, 0.6) is 0 Å². The maximum atomic E-state index is 4.94. The van der Waals surface area contributed by atoms with Crippen molar-refractivity contribution in [2.75, 3.05) is 59.3 Å². The Balaban J connectivity index is 1.62. The maximum absolute atomic E-state index is 4.94. The molecule has 1 aliphatic heterocycles. The van der Waals surface area contributed by atoms with Gasteiger partial charge < -0.3 is 14.7 Å². The lowest BCUT2D eigenvalue weighted by atomic mass is 9.97. The Morgan fingerprint density at radius 3 is 2.08 bits per heavy atom. The molecule has 4 aromatic rings. The number of allylic oxidation sites excluding steroid dienone is 2. The summed E-state index contributed by atoms with van der Waals surface area (Å²) in [7, 11) is 8.62. The number of nitrogens with zero attached hydrogens (tertiary/aromatic N) is 5. The quantitative estimate of drug-likeness (QED) is 0.205. The largest absolute Gasteiger partial charge is 0.358 e. The average Bonchev–Trinajstić information content (AvgIpc) is 3.34. The summed E-state index contributed by atoms with van der Waals surface area (Å²) in [5.74, 6) is 1.23. The van der Waals surface area contributed by atoms with Crippen LogP contribution in [0.15, 0.2) is 90.8 Å². The number of aromatic nitrogens is 1. The molecule has 0 aliphatic carbocycles. The van der Waals surface area contributed by atoms with Crippen LogP contribution in [-0.4, -0.2) is 74.1 Å². The molecule has 0 N–H and O–H groups in total. The van der Waals surface area contributed by atoms with E-state index in [1.165, 1.54) is 33.0 Å². The molecule has 39 heavy (non-hydrogen) atoms. The van der Waals surface area contributed by atoms with E-state index in [1.54, 1.807) is 11.3 Å². The molecule has 5 rings (SSSR count). The highest BCUT2D eigenvalue weighted by Gasteiger charge is 2.27. The molecular weight excluding hydrogens is 498 g/mol. The molecule has 5 nitrogen and oxygen atoms in total. The number of fused-ring (bicyclic) bond motifs is 2. The van der Waals surface area contributed by atoms with Gasteiger partial charge in [0.1, 0.15) is 10.8 Å². The van der Waals surface area contributed by atoms with Crippen LogP contribution in [0.25, 0.3) is 21.9 Å². The normalized spacial score (nSPS) is 14.4.